The van der Waals surface area contributed by atoms with Gasteiger partial charge in [-0.25, -0.2) is 20.1 Å². The summed E-state index contributed by atoms with van der Waals surface area (Å²) >= 11 is 0. The third-order valence-electron chi connectivity index (χ3n) is 4.17. The predicted molar refractivity (Wildman–Crippen MR) is 95.3 cm³/mol. The Balaban J connectivity index is 1.83. The number of aliphatic hydroxyl groups excluding tert-OH is 2. The highest BCUT2D eigenvalue weighted by Crippen LogP contribution is 2.32. The molecule has 0 bridgehead atoms. The van der Waals surface area contributed by atoms with Crippen LogP contribution in [0, 0.1) is 0 Å². The van der Waals surface area contributed by atoms with Crippen LogP contribution < -0.4 is 10.5 Å². The lowest BCUT2D eigenvalue weighted by atomic mass is 10.1. The molecule has 5 atom stereocenters. The molecule has 3 rings (SSSR count). The first-order valence-electron chi connectivity index (χ1n) is 8.33. The number of rotatable bonds is 8. The first-order chi connectivity index (χ1) is 13.2. The van der Waals surface area contributed by atoms with Crippen molar-refractivity contribution in [3.63, 3.8) is 0 Å². The van der Waals surface area contributed by atoms with Crippen molar-refractivity contribution in [2.75, 3.05) is 25.6 Å². The molecule has 0 aromatic carbocycles. The topological polar surface area (TPSA) is 184 Å². The quantitative estimate of drug-likeness (QED) is 0.376. The SMILES string of the molecule is COCC(C)Nc1ncnc2c1ncn2[C@@H]1O[C@H](COS(N)(=O)=O)[C@@H](O)[C@H]1O. The Morgan fingerprint density at radius 1 is 1.36 bits per heavy atom. The number of methoxy groups -OCH3 is 1. The van der Waals surface area contributed by atoms with E-state index in [1.165, 1.54) is 17.2 Å². The van der Waals surface area contributed by atoms with E-state index in [0.717, 1.165) is 0 Å². The van der Waals surface area contributed by atoms with Gasteiger partial charge in [-0.3, -0.25) is 8.75 Å². The zero-order valence-corrected chi connectivity index (χ0v) is 16.0. The van der Waals surface area contributed by atoms with E-state index in [0.29, 0.717) is 23.6 Å². The molecule has 0 spiro atoms. The first-order valence-corrected chi connectivity index (χ1v) is 9.80. The van der Waals surface area contributed by atoms with E-state index in [2.05, 4.69) is 24.5 Å². The van der Waals surface area contributed by atoms with Crippen molar-refractivity contribution < 1.29 is 32.3 Å². The van der Waals surface area contributed by atoms with Crippen molar-refractivity contribution in [2.45, 2.75) is 37.5 Å². The monoisotopic (exact) mass is 418 g/mol. The Bertz CT molecular complexity index is 922. The van der Waals surface area contributed by atoms with Crippen molar-refractivity contribution in [2.24, 2.45) is 5.14 Å². The summed E-state index contributed by atoms with van der Waals surface area (Å²) in [7, 11) is -2.63. The zero-order valence-electron chi connectivity index (χ0n) is 15.2. The van der Waals surface area contributed by atoms with Crippen LogP contribution in [0.2, 0.25) is 0 Å². The summed E-state index contributed by atoms with van der Waals surface area (Å²) in [6.45, 7) is 1.82. The Labute approximate surface area is 160 Å². The number of nitrogens with one attached hydrogen (secondary N) is 1. The lowest BCUT2D eigenvalue weighted by Crippen LogP contribution is -2.35. The van der Waals surface area contributed by atoms with Gasteiger partial charge in [0.25, 0.3) is 0 Å². The number of aliphatic hydroxyl groups is 2. The second kappa shape index (κ2) is 8.20. The van der Waals surface area contributed by atoms with Crippen molar-refractivity contribution in [1.82, 2.24) is 19.5 Å². The summed E-state index contributed by atoms with van der Waals surface area (Å²) in [5.41, 5.74) is 0.784. The van der Waals surface area contributed by atoms with E-state index < -0.39 is 41.5 Å². The summed E-state index contributed by atoms with van der Waals surface area (Å²) in [6, 6.07) is -0.0388. The van der Waals surface area contributed by atoms with E-state index in [9.17, 15) is 18.6 Å². The van der Waals surface area contributed by atoms with E-state index in [4.69, 9.17) is 14.6 Å². The number of ether oxygens (including phenoxy) is 2. The average molecular weight is 418 g/mol. The van der Waals surface area contributed by atoms with Crippen molar-refractivity contribution >= 4 is 27.3 Å². The molecule has 0 aliphatic carbocycles. The molecular weight excluding hydrogens is 396 g/mol. The van der Waals surface area contributed by atoms with Crippen molar-refractivity contribution in [1.29, 1.82) is 0 Å². The van der Waals surface area contributed by atoms with E-state index >= 15 is 0 Å². The number of nitrogens with two attached hydrogens (primary N) is 1. The van der Waals surface area contributed by atoms with Crippen LogP contribution >= 0.6 is 0 Å². The third kappa shape index (κ3) is 4.38. The molecule has 1 aliphatic heterocycles. The largest absolute Gasteiger partial charge is 0.387 e. The number of hydrogen-bond acceptors (Lipinski definition) is 11. The Morgan fingerprint density at radius 3 is 2.79 bits per heavy atom. The number of anilines is 1. The van der Waals surface area contributed by atoms with Gasteiger partial charge in [0.1, 0.15) is 24.6 Å². The number of imidazole rings is 1. The fourth-order valence-corrected chi connectivity index (χ4v) is 3.25. The molecule has 1 aliphatic rings. The molecule has 3 heterocycles. The van der Waals surface area contributed by atoms with Gasteiger partial charge in [-0.1, -0.05) is 0 Å². The molecule has 0 saturated carbocycles. The maximum absolute atomic E-state index is 10.9. The summed E-state index contributed by atoms with van der Waals surface area (Å²) in [5.74, 6) is 0.468. The van der Waals surface area contributed by atoms with Gasteiger partial charge in [-0.05, 0) is 6.92 Å². The Hall–Kier alpha value is -1.94. The Kier molecular flexibility index (Phi) is 6.09. The van der Waals surface area contributed by atoms with Crippen LogP contribution in [0.1, 0.15) is 13.2 Å². The third-order valence-corrected chi connectivity index (χ3v) is 4.63. The lowest BCUT2D eigenvalue weighted by Gasteiger charge is -2.17. The van der Waals surface area contributed by atoms with Gasteiger partial charge >= 0.3 is 10.3 Å². The molecule has 0 radical (unpaired) electrons. The fourth-order valence-electron chi connectivity index (χ4n) is 2.93. The molecule has 1 fully saturated rings. The highest BCUT2D eigenvalue weighted by atomic mass is 32.2. The van der Waals surface area contributed by atoms with Crippen molar-refractivity contribution in [3.8, 4) is 0 Å². The average Bonchev–Trinajstić information content (AvgIpc) is 3.16. The summed E-state index contributed by atoms with van der Waals surface area (Å²) in [4.78, 5) is 12.6. The summed E-state index contributed by atoms with van der Waals surface area (Å²) < 4.78 is 38.4. The second-order valence-corrected chi connectivity index (χ2v) is 7.59. The van der Waals surface area contributed by atoms with Gasteiger partial charge in [0.2, 0.25) is 0 Å². The zero-order chi connectivity index (χ0) is 20.5. The number of fused-ring (bicyclic) bond motifs is 1. The maximum atomic E-state index is 10.9. The minimum atomic E-state index is -4.21. The van der Waals surface area contributed by atoms with E-state index in [-0.39, 0.29) is 6.04 Å². The molecule has 14 heteroatoms. The van der Waals surface area contributed by atoms with Crippen molar-refractivity contribution in [3.05, 3.63) is 12.7 Å². The van der Waals surface area contributed by atoms with Gasteiger partial charge in [0, 0.05) is 13.2 Å². The van der Waals surface area contributed by atoms with Gasteiger partial charge in [-0.15, -0.1) is 0 Å². The molecule has 5 N–H and O–H groups in total. The number of hydrogen-bond donors (Lipinski definition) is 4. The minimum absolute atomic E-state index is 0.0388. The molecule has 2 aromatic heterocycles. The smallest absolute Gasteiger partial charge is 0.333 e. The molecular formula is C14H22N6O7S. The number of aromatic nitrogens is 4. The molecule has 1 saturated heterocycles. The number of nitrogens with zero attached hydrogens (tertiary/aromatic N) is 4. The van der Waals surface area contributed by atoms with Gasteiger partial charge in [0.05, 0.1) is 19.5 Å². The van der Waals surface area contributed by atoms with Gasteiger partial charge in [0.15, 0.2) is 23.2 Å². The van der Waals surface area contributed by atoms with Crippen LogP contribution in [-0.2, 0) is 24.0 Å². The normalized spacial score (nSPS) is 26.6. The van der Waals surface area contributed by atoms with E-state index in [1.807, 2.05) is 6.92 Å². The molecule has 0 amide bonds. The van der Waals surface area contributed by atoms with Gasteiger partial charge < -0.3 is 25.0 Å². The molecule has 13 nitrogen and oxygen atoms in total. The molecule has 28 heavy (non-hydrogen) atoms. The summed E-state index contributed by atoms with van der Waals surface area (Å²) in [6.07, 6.45) is -2.24. The minimum Gasteiger partial charge on any atom is -0.387 e. The van der Waals surface area contributed by atoms with Crippen LogP contribution in [-0.4, -0.2) is 82.8 Å². The molecule has 1 unspecified atom stereocenters. The van der Waals surface area contributed by atoms with Crippen LogP contribution in [0.3, 0.4) is 0 Å². The van der Waals surface area contributed by atoms with Gasteiger partial charge in [-0.2, -0.15) is 8.42 Å². The molecule has 156 valence electrons. The standard InChI is InChI=1S/C14H22N6O7S/c1-7(3-25-2)19-12-9-13(17-5-16-12)20(6-18-9)14-11(22)10(21)8(27-14)4-26-28(15,23)24/h5-8,10-11,14,21-22H,3-4H2,1-2H3,(H2,15,23,24)(H,16,17,19)/t7?,8-,10-,11-,14-/m1/s1. The Morgan fingerprint density at radius 2 is 2.11 bits per heavy atom. The lowest BCUT2D eigenvalue weighted by molar-refractivity contribution is -0.0467. The summed E-state index contributed by atoms with van der Waals surface area (Å²) in [5, 5.41) is 28.4. The molecule has 2 aromatic rings. The predicted octanol–water partition coefficient (Wildman–Crippen LogP) is -1.89. The van der Waals surface area contributed by atoms with Crippen LogP contribution in [0.4, 0.5) is 5.82 Å². The fraction of sp³-hybridized carbons (Fsp3) is 0.643. The first kappa shape index (κ1) is 20.8. The van der Waals surface area contributed by atoms with Crippen LogP contribution in [0.25, 0.3) is 11.2 Å². The second-order valence-electron chi connectivity index (χ2n) is 6.37. The van der Waals surface area contributed by atoms with Crippen LogP contribution in [0.5, 0.6) is 0 Å². The van der Waals surface area contributed by atoms with Crippen LogP contribution in [0.15, 0.2) is 12.7 Å². The maximum Gasteiger partial charge on any atom is 0.333 e. The highest BCUT2D eigenvalue weighted by molar-refractivity contribution is 7.84. The highest BCUT2D eigenvalue weighted by Gasteiger charge is 2.45. The van der Waals surface area contributed by atoms with E-state index in [1.54, 1.807) is 7.11 Å².